The van der Waals surface area contributed by atoms with Crippen LogP contribution in [0.3, 0.4) is 0 Å². The van der Waals surface area contributed by atoms with Crippen LogP contribution in [0.4, 0.5) is 0 Å². The first-order valence-corrected chi connectivity index (χ1v) is 7.30. The van der Waals surface area contributed by atoms with Gasteiger partial charge in [0.15, 0.2) is 0 Å². The van der Waals surface area contributed by atoms with Gasteiger partial charge in [-0.25, -0.2) is 0 Å². The molecular formula is C15H27NO2. The zero-order valence-electron chi connectivity index (χ0n) is 12.2. The molecule has 0 aromatic rings. The van der Waals surface area contributed by atoms with E-state index in [4.69, 9.17) is 4.74 Å². The lowest BCUT2D eigenvalue weighted by atomic mass is 9.82. The number of hydrogen-bond acceptors (Lipinski definition) is 3. The van der Waals surface area contributed by atoms with Crippen molar-refractivity contribution in [2.24, 2.45) is 11.8 Å². The van der Waals surface area contributed by atoms with Gasteiger partial charge in [-0.15, -0.1) is 0 Å². The SMILES string of the molecule is CC(=O)OC1[C@@H]2CCCC[C@H]1CN(C(C)(C)C)C2. The van der Waals surface area contributed by atoms with Crippen molar-refractivity contribution in [3.8, 4) is 0 Å². The number of likely N-dealkylation sites (tertiary alicyclic amines) is 1. The minimum atomic E-state index is -0.110. The summed E-state index contributed by atoms with van der Waals surface area (Å²) in [5.74, 6) is 0.963. The second-order valence-corrected chi connectivity index (χ2v) is 6.95. The van der Waals surface area contributed by atoms with Crippen molar-refractivity contribution in [1.29, 1.82) is 0 Å². The van der Waals surface area contributed by atoms with Crippen molar-refractivity contribution in [1.82, 2.24) is 4.90 Å². The smallest absolute Gasteiger partial charge is 0.302 e. The summed E-state index contributed by atoms with van der Waals surface area (Å²) in [4.78, 5) is 13.9. The summed E-state index contributed by atoms with van der Waals surface area (Å²) in [5.41, 5.74) is 0.224. The first kappa shape index (κ1) is 13.9. The average molecular weight is 253 g/mol. The second-order valence-electron chi connectivity index (χ2n) is 6.95. The molecule has 3 atom stereocenters. The molecule has 0 aromatic heterocycles. The Hall–Kier alpha value is -0.570. The number of fused-ring (bicyclic) bond motifs is 2. The summed E-state index contributed by atoms with van der Waals surface area (Å²) in [5, 5.41) is 0. The molecule has 1 unspecified atom stereocenters. The molecular weight excluding hydrogens is 226 g/mol. The minimum absolute atomic E-state index is 0.110. The monoisotopic (exact) mass is 253 g/mol. The molecule has 2 bridgehead atoms. The molecule has 2 rings (SSSR count). The van der Waals surface area contributed by atoms with Gasteiger partial charge in [0.2, 0.25) is 0 Å². The molecule has 1 saturated heterocycles. The number of carbonyl (C=O) groups excluding carboxylic acids is 1. The molecule has 0 aromatic carbocycles. The highest BCUT2D eigenvalue weighted by Gasteiger charge is 2.42. The standard InChI is InChI=1S/C15H27NO2/c1-11(17)18-14-12-7-5-6-8-13(14)10-16(9-12)15(2,3)4/h12-14H,5-10H2,1-4H3/t12-,13+,14?. The Morgan fingerprint density at radius 2 is 1.61 bits per heavy atom. The lowest BCUT2D eigenvalue weighted by Crippen LogP contribution is -2.55. The van der Waals surface area contributed by atoms with Gasteiger partial charge < -0.3 is 4.74 Å². The van der Waals surface area contributed by atoms with Crippen molar-refractivity contribution >= 4 is 5.97 Å². The van der Waals surface area contributed by atoms with Crippen LogP contribution < -0.4 is 0 Å². The van der Waals surface area contributed by atoms with Crippen LogP contribution in [-0.4, -0.2) is 35.6 Å². The van der Waals surface area contributed by atoms with Crippen LogP contribution in [0.5, 0.6) is 0 Å². The summed E-state index contributed by atoms with van der Waals surface area (Å²) >= 11 is 0. The zero-order chi connectivity index (χ0) is 13.3. The Balaban J connectivity index is 2.14. The third kappa shape index (κ3) is 3.05. The van der Waals surface area contributed by atoms with Crippen LogP contribution in [0.1, 0.15) is 53.4 Å². The fourth-order valence-electron chi connectivity index (χ4n) is 3.49. The van der Waals surface area contributed by atoms with Crippen LogP contribution in [0.15, 0.2) is 0 Å². The number of piperidine rings is 1. The van der Waals surface area contributed by atoms with Crippen molar-refractivity contribution in [2.45, 2.75) is 65.0 Å². The summed E-state index contributed by atoms with van der Waals surface area (Å²) in [6.07, 6.45) is 5.17. The van der Waals surface area contributed by atoms with Crippen LogP contribution >= 0.6 is 0 Å². The zero-order valence-corrected chi connectivity index (χ0v) is 12.2. The highest BCUT2D eigenvalue weighted by molar-refractivity contribution is 5.66. The van der Waals surface area contributed by atoms with Crippen LogP contribution in [0, 0.1) is 11.8 Å². The average Bonchev–Trinajstić information content (AvgIpc) is 2.36. The van der Waals surface area contributed by atoms with E-state index in [-0.39, 0.29) is 17.6 Å². The van der Waals surface area contributed by atoms with E-state index in [1.165, 1.54) is 25.7 Å². The maximum absolute atomic E-state index is 11.3. The fraction of sp³-hybridized carbons (Fsp3) is 0.933. The van der Waals surface area contributed by atoms with Gasteiger partial charge in [-0.3, -0.25) is 9.69 Å². The van der Waals surface area contributed by atoms with E-state index >= 15 is 0 Å². The number of rotatable bonds is 1. The molecule has 0 spiro atoms. The molecule has 18 heavy (non-hydrogen) atoms. The van der Waals surface area contributed by atoms with Gasteiger partial charge in [0.1, 0.15) is 6.10 Å². The number of hydrogen-bond donors (Lipinski definition) is 0. The number of carbonyl (C=O) groups is 1. The molecule has 2 aliphatic rings. The predicted octanol–water partition coefficient (Wildman–Crippen LogP) is 2.84. The summed E-state index contributed by atoms with van der Waals surface area (Å²) < 4.78 is 5.63. The van der Waals surface area contributed by atoms with Crippen LogP contribution in [0.25, 0.3) is 0 Å². The minimum Gasteiger partial charge on any atom is -0.462 e. The predicted molar refractivity (Wildman–Crippen MR) is 72.3 cm³/mol. The van der Waals surface area contributed by atoms with Crippen molar-refractivity contribution in [3.63, 3.8) is 0 Å². The van der Waals surface area contributed by atoms with E-state index in [1.54, 1.807) is 6.92 Å². The number of ether oxygens (including phenoxy) is 1. The molecule has 1 aliphatic heterocycles. The van der Waals surface area contributed by atoms with E-state index in [0.29, 0.717) is 11.8 Å². The van der Waals surface area contributed by atoms with Gasteiger partial charge in [0.25, 0.3) is 0 Å². The fourth-order valence-corrected chi connectivity index (χ4v) is 3.49. The normalized spacial score (nSPS) is 33.9. The highest BCUT2D eigenvalue weighted by Crippen LogP contribution is 2.37. The van der Waals surface area contributed by atoms with Gasteiger partial charge in [0, 0.05) is 37.4 Å². The molecule has 1 aliphatic carbocycles. The quantitative estimate of drug-likeness (QED) is 0.673. The molecule has 0 N–H and O–H groups in total. The first-order chi connectivity index (χ1) is 8.38. The van der Waals surface area contributed by atoms with E-state index in [1.807, 2.05) is 0 Å². The summed E-state index contributed by atoms with van der Waals surface area (Å²) in [7, 11) is 0. The molecule has 3 heteroatoms. The van der Waals surface area contributed by atoms with E-state index in [9.17, 15) is 4.79 Å². The van der Waals surface area contributed by atoms with E-state index < -0.39 is 0 Å². The maximum Gasteiger partial charge on any atom is 0.302 e. The molecule has 0 amide bonds. The van der Waals surface area contributed by atoms with Crippen LogP contribution in [-0.2, 0) is 9.53 Å². The third-order valence-corrected chi connectivity index (χ3v) is 4.49. The van der Waals surface area contributed by atoms with E-state index in [0.717, 1.165) is 13.1 Å². The first-order valence-electron chi connectivity index (χ1n) is 7.30. The third-order valence-electron chi connectivity index (χ3n) is 4.49. The molecule has 0 radical (unpaired) electrons. The molecule has 104 valence electrons. The molecule has 1 saturated carbocycles. The van der Waals surface area contributed by atoms with Gasteiger partial charge in [-0.1, -0.05) is 12.8 Å². The van der Waals surface area contributed by atoms with Crippen molar-refractivity contribution in [3.05, 3.63) is 0 Å². The summed E-state index contributed by atoms with van der Waals surface area (Å²) in [6, 6.07) is 0. The Bertz CT molecular complexity index is 292. The maximum atomic E-state index is 11.3. The lowest BCUT2D eigenvalue weighted by molar-refractivity contribution is -0.158. The van der Waals surface area contributed by atoms with Gasteiger partial charge in [0.05, 0.1) is 0 Å². The topological polar surface area (TPSA) is 29.5 Å². The Kier molecular flexibility index (Phi) is 4.00. The van der Waals surface area contributed by atoms with Gasteiger partial charge in [-0.05, 0) is 33.6 Å². The molecule has 2 fully saturated rings. The van der Waals surface area contributed by atoms with Gasteiger partial charge in [-0.2, -0.15) is 0 Å². The van der Waals surface area contributed by atoms with Crippen molar-refractivity contribution in [2.75, 3.05) is 13.1 Å². The van der Waals surface area contributed by atoms with E-state index in [2.05, 4.69) is 25.7 Å². The Morgan fingerprint density at radius 3 is 2.00 bits per heavy atom. The van der Waals surface area contributed by atoms with Crippen molar-refractivity contribution < 1.29 is 9.53 Å². The molecule has 3 nitrogen and oxygen atoms in total. The number of esters is 1. The largest absolute Gasteiger partial charge is 0.462 e. The van der Waals surface area contributed by atoms with Crippen LogP contribution in [0.2, 0.25) is 0 Å². The Morgan fingerprint density at radius 1 is 1.11 bits per heavy atom. The highest BCUT2D eigenvalue weighted by atomic mass is 16.5. The Labute approximate surface area is 111 Å². The summed E-state index contributed by atoms with van der Waals surface area (Å²) in [6.45, 7) is 10.6. The van der Waals surface area contributed by atoms with Gasteiger partial charge >= 0.3 is 5.97 Å². The second kappa shape index (κ2) is 5.20. The lowest BCUT2D eigenvalue weighted by Gasteiger charge is -2.47. The number of nitrogens with zero attached hydrogens (tertiary/aromatic N) is 1. The molecule has 1 heterocycles.